The first kappa shape index (κ1) is 17.7. The molecule has 1 atom stereocenters. The number of thiophene rings is 1. The first-order valence-corrected chi connectivity index (χ1v) is 9.56. The molecule has 1 unspecified atom stereocenters. The van der Waals surface area contributed by atoms with Crippen LogP contribution >= 0.6 is 11.3 Å². The summed E-state index contributed by atoms with van der Waals surface area (Å²) in [5.41, 5.74) is 0.718. The summed E-state index contributed by atoms with van der Waals surface area (Å²) in [7, 11) is 0. The third-order valence-electron chi connectivity index (χ3n) is 4.90. The van der Waals surface area contributed by atoms with Gasteiger partial charge >= 0.3 is 0 Å². The first-order chi connectivity index (χ1) is 12.1. The maximum absolute atomic E-state index is 12.8. The van der Waals surface area contributed by atoms with Gasteiger partial charge in [0.15, 0.2) is 0 Å². The van der Waals surface area contributed by atoms with Crippen LogP contribution in [0.15, 0.2) is 29.5 Å². The van der Waals surface area contributed by atoms with Gasteiger partial charge in [0.25, 0.3) is 5.91 Å². The average molecular weight is 361 g/mol. The number of amides is 3. The quantitative estimate of drug-likeness (QED) is 0.766. The Kier molecular flexibility index (Phi) is 5.53. The molecular formula is C18H23N3O3S. The summed E-state index contributed by atoms with van der Waals surface area (Å²) in [5, 5.41) is 3.75. The van der Waals surface area contributed by atoms with Crippen molar-refractivity contribution in [3.63, 3.8) is 0 Å². The van der Waals surface area contributed by atoms with Gasteiger partial charge in [-0.25, -0.2) is 0 Å². The number of nitrogens with zero attached hydrogens (tertiary/aromatic N) is 3. The zero-order valence-corrected chi connectivity index (χ0v) is 15.0. The van der Waals surface area contributed by atoms with E-state index in [0.29, 0.717) is 39.3 Å². The minimum atomic E-state index is -0.142. The molecule has 0 N–H and O–H groups in total. The predicted octanol–water partition coefficient (Wildman–Crippen LogP) is 1.46. The van der Waals surface area contributed by atoms with Crippen molar-refractivity contribution >= 4 is 29.1 Å². The summed E-state index contributed by atoms with van der Waals surface area (Å²) in [6.07, 6.45) is 2.96. The highest BCUT2D eigenvalue weighted by Crippen LogP contribution is 2.20. The Morgan fingerprint density at radius 3 is 2.44 bits per heavy atom. The van der Waals surface area contributed by atoms with Gasteiger partial charge in [0.05, 0.1) is 11.5 Å². The van der Waals surface area contributed by atoms with E-state index < -0.39 is 0 Å². The molecule has 1 aromatic rings. The van der Waals surface area contributed by atoms with Crippen molar-refractivity contribution in [2.75, 3.05) is 39.3 Å². The summed E-state index contributed by atoms with van der Waals surface area (Å²) in [5.74, 6) is -0.113. The van der Waals surface area contributed by atoms with Crippen LogP contribution in [0.1, 0.15) is 23.2 Å². The Morgan fingerprint density at radius 1 is 1.08 bits per heavy atom. The van der Waals surface area contributed by atoms with Crippen LogP contribution in [-0.2, 0) is 9.59 Å². The van der Waals surface area contributed by atoms with Crippen LogP contribution in [0.3, 0.4) is 0 Å². The van der Waals surface area contributed by atoms with Gasteiger partial charge < -0.3 is 14.7 Å². The molecule has 6 nitrogen and oxygen atoms in total. The molecule has 0 aliphatic carbocycles. The average Bonchev–Trinajstić information content (AvgIpc) is 3.21. The fourth-order valence-electron chi connectivity index (χ4n) is 3.46. The number of carbonyl (C=O) groups excluding carboxylic acids is 3. The maximum Gasteiger partial charge on any atom is 0.254 e. The predicted molar refractivity (Wildman–Crippen MR) is 96.3 cm³/mol. The lowest BCUT2D eigenvalue weighted by atomic mass is 9.96. The van der Waals surface area contributed by atoms with E-state index in [0.717, 1.165) is 18.4 Å². The molecule has 0 radical (unpaired) electrons. The van der Waals surface area contributed by atoms with E-state index in [1.165, 1.54) is 17.4 Å². The van der Waals surface area contributed by atoms with Crippen LogP contribution in [0.2, 0.25) is 0 Å². The smallest absolute Gasteiger partial charge is 0.254 e. The highest BCUT2D eigenvalue weighted by Gasteiger charge is 2.32. The molecule has 134 valence electrons. The van der Waals surface area contributed by atoms with Gasteiger partial charge in [-0.15, -0.1) is 0 Å². The molecule has 2 aliphatic heterocycles. The van der Waals surface area contributed by atoms with Gasteiger partial charge in [-0.1, -0.05) is 6.58 Å². The Hall–Kier alpha value is -2.15. The van der Waals surface area contributed by atoms with Crippen LogP contribution in [0.4, 0.5) is 0 Å². The van der Waals surface area contributed by atoms with Crippen molar-refractivity contribution in [2.45, 2.75) is 12.8 Å². The molecule has 2 fully saturated rings. The van der Waals surface area contributed by atoms with E-state index in [9.17, 15) is 14.4 Å². The molecule has 3 heterocycles. The Bertz CT molecular complexity index is 651. The molecule has 0 aromatic carbocycles. The van der Waals surface area contributed by atoms with Gasteiger partial charge in [-0.05, 0) is 30.4 Å². The molecule has 0 bridgehead atoms. The van der Waals surface area contributed by atoms with Gasteiger partial charge in [0.1, 0.15) is 0 Å². The van der Waals surface area contributed by atoms with E-state index >= 15 is 0 Å². The molecule has 3 rings (SSSR count). The Morgan fingerprint density at radius 2 is 1.80 bits per heavy atom. The van der Waals surface area contributed by atoms with E-state index in [1.807, 2.05) is 21.7 Å². The fraction of sp³-hybridized carbons (Fsp3) is 0.500. The molecular weight excluding hydrogens is 338 g/mol. The second-order valence-corrected chi connectivity index (χ2v) is 7.24. The largest absolute Gasteiger partial charge is 0.339 e. The third kappa shape index (κ3) is 3.92. The van der Waals surface area contributed by atoms with Crippen LogP contribution < -0.4 is 0 Å². The summed E-state index contributed by atoms with van der Waals surface area (Å²) >= 11 is 1.51. The number of rotatable bonds is 3. The number of hydrogen-bond acceptors (Lipinski definition) is 4. The van der Waals surface area contributed by atoms with Crippen molar-refractivity contribution in [3.05, 3.63) is 35.0 Å². The number of likely N-dealkylation sites (tertiary alicyclic amines) is 1. The van der Waals surface area contributed by atoms with Crippen molar-refractivity contribution < 1.29 is 14.4 Å². The number of hydrogen-bond donors (Lipinski definition) is 0. The minimum absolute atomic E-state index is 0.0359. The van der Waals surface area contributed by atoms with E-state index in [1.54, 1.807) is 9.80 Å². The molecule has 2 aliphatic rings. The minimum Gasteiger partial charge on any atom is -0.339 e. The molecule has 1 aromatic heterocycles. The zero-order valence-electron chi connectivity index (χ0n) is 14.2. The van der Waals surface area contributed by atoms with Crippen molar-refractivity contribution in [3.8, 4) is 0 Å². The first-order valence-electron chi connectivity index (χ1n) is 8.61. The van der Waals surface area contributed by atoms with Crippen molar-refractivity contribution in [2.24, 2.45) is 5.92 Å². The van der Waals surface area contributed by atoms with E-state index in [2.05, 4.69) is 6.58 Å². The second-order valence-electron chi connectivity index (χ2n) is 6.46. The summed E-state index contributed by atoms with van der Waals surface area (Å²) < 4.78 is 0. The van der Waals surface area contributed by atoms with E-state index in [4.69, 9.17) is 0 Å². The van der Waals surface area contributed by atoms with Crippen molar-refractivity contribution in [1.29, 1.82) is 0 Å². The maximum atomic E-state index is 12.8. The fourth-order valence-corrected chi connectivity index (χ4v) is 4.09. The number of carbonyl (C=O) groups is 3. The topological polar surface area (TPSA) is 60.9 Å². The highest BCUT2D eigenvalue weighted by atomic mass is 32.1. The highest BCUT2D eigenvalue weighted by molar-refractivity contribution is 7.08. The molecule has 7 heteroatoms. The SMILES string of the molecule is C=CC(=O)N1CCCC(C(=O)N2CCN(C(=O)c3ccsc3)CC2)C1. The van der Waals surface area contributed by atoms with Crippen LogP contribution in [0.25, 0.3) is 0 Å². The molecule has 3 amide bonds. The van der Waals surface area contributed by atoms with Crippen LogP contribution in [0.5, 0.6) is 0 Å². The number of piperazine rings is 1. The molecule has 0 spiro atoms. The van der Waals surface area contributed by atoms with Gasteiger partial charge in [0, 0.05) is 44.6 Å². The monoisotopic (exact) mass is 361 g/mol. The summed E-state index contributed by atoms with van der Waals surface area (Å²) in [6.45, 7) is 6.91. The molecule has 0 saturated carbocycles. The van der Waals surface area contributed by atoms with Gasteiger partial charge in [0.2, 0.25) is 11.8 Å². The second kappa shape index (κ2) is 7.82. The lowest BCUT2D eigenvalue weighted by Crippen LogP contribution is -2.54. The summed E-state index contributed by atoms with van der Waals surface area (Å²) in [4.78, 5) is 42.3. The standard InChI is InChI=1S/C18H23N3O3S/c1-2-16(22)21-6-3-4-14(12-21)17(23)19-7-9-20(10-8-19)18(24)15-5-11-25-13-15/h2,5,11,13-14H,1,3-4,6-10,12H2. The Labute approximate surface area is 151 Å². The third-order valence-corrected chi connectivity index (χ3v) is 5.59. The molecule has 25 heavy (non-hydrogen) atoms. The zero-order chi connectivity index (χ0) is 17.8. The van der Waals surface area contributed by atoms with E-state index in [-0.39, 0.29) is 23.6 Å². The molecule has 2 saturated heterocycles. The lowest BCUT2D eigenvalue weighted by Gasteiger charge is -2.38. The van der Waals surface area contributed by atoms with Crippen molar-refractivity contribution in [1.82, 2.24) is 14.7 Å². The van der Waals surface area contributed by atoms with Gasteiger partial charge in [-0.2, -0.15) is 11.3 Å². The van der Waals surface area contributed by atoms with Crippen LogP contribution in [-0.4, -0.2) is 71.7 Å². The van der Waals surface area contributed by atoms with Crippen LogP contribution in [0, 0.1) is 5.92 Å². The lowest BCUT2D eigenvalue weighted by molar-refractivity contribution is -0.140. The number of piperidine rings is 1. The van der Waals surface area contributed by atoms with Gasteiger partial charge in [-0.3, -0.25) is 14.4 Å². The normalized spacial score (nSPS) is 21.1. The Balaban J connectivity index is 1.53. The summed E-state index contributed by atoms with van der Waals surface area (Å²) in [6, 6.07) is 1.83.